The Balaban J connectivity index is 2.44. The summed E-state index contributed by atoms with van der Waals surface area (Å²) in [6.45, 7) is 15.2. The van der Waals surface area contributed by atoms with Crippen molar-refractivity contribution in [1.29, 1.82) is 0 Å². The van der Waals surface area contributed by atoms with Gasteiger partial charge in [-0.05, 0) is 43.6 Å². The summed E-state index contributed by atoms with van der Waals surface area (Å²) in [6, 6.07) is 0. The van der Waals surface area contributed by atoms with Gasteiger partial charge in [0.05, 0.1) is 6.10 Å². The lowest BCUT2D eigenvalue weighted by atomic mass is 9.81. The Morgan fingerprint density at radius 3 is 2.25 bits per heavy atom. The molecule has 20 heavy (non-hydrogen) atoms. The van der Waals surface area contributed by atoms with Gasteiger partial charge >= 0.3 is 0 Å². The summed E-state index contributed by atoms with van der Waals surface area (Å²) in [5.41, 5.74) is 0.439. The zero-order chi connectivity index (χ0) is 15.0. The Morgan fingerprint density at radius 2 is 1.80 bits per heavy atom. The van der Waals surface area contributed by atoms with E-state index in [1.54, 1.807) is 0 Å². The molecule has 120 valence electrons. The average Bonchev–Trinajstić information content (AvgIpc) is 2.46. The van der Waals surface area contributed by atoms with E-state index in [1.807, 2.05) is 7.11 Å². The molecular formula is C17H36N2O. The minimum atomic E-state index is 0.439. The molecule has 0 aromatic heterocycles. The maximum absolute atomic E-state index is 5.47. The quantitative estimate of drug-likeness (QED) is 0.704. The van der Waals surface area contributed by atoms with Gasteiger partial charge < -0.3 is 15.0 Å². The van der Waals surface area contributed by atoms with Crippen molar-refractivity contribution in [3.8, 4) is 0 Å². The summed E-state index contributed by atoms with van der Waals surface area (Å²) >= 11 is 0. The normalized spacial score (nSPS) is 18.9. The van der Waals surface area contributed by atoms with Crippen LogP contribution in [0.15, 0.2) is 0 Å². The predicted molar refractivity (Wildman–Crippen MR) is 87.2 cm³/mol. The fraction of sp³-hybridized carbons (Fsp3) is 1.00. The van der Waals surface area contributed by atoms with Crippen LogP contribution >= 0.6 is 0 Å². The topological polar surface area (TPSA) is 24.5 Å². The molecule has 1 aliphatic heterocycles. The second-order valence-electron chi connectivity index (χ2n) is 6.94. The first kappa shape index (κ1) is 17.9. The van der Waals surface area contributed by atoms with Crippen molar-refractivity contribution in [2.75, 3.05) is 39.8 Å². The molecular weight excluding hydrogens is 248 g/mol. The van der Waals surface area contributed by atoms with Crippen LogP contribution in [-0.2, 0) is 4.74 Å². The molecule has 0 unspecified atom stereocenters. The van der Waals surface area contributed by atoms with E-state index in [1.165, 1.54) is 45.3 Å². The van der Waals surface area contributed by atoms with Gasteiger partial charge in [-0.15, -0.1) is 0 Å². The molecule has 0 saturated carbocycles. The Labute approximate surface area is 126 Å². The summed E-state index contributed by atoms with van der Waals surface area (Å²) < 4.78 is 5.47. The van der Waals surface area contributed by atoms with Crippen LogP contribution in [0.25, 0.3) is 0 Å². The summed E-state index contributed by atoms with van der Waals surface area (Å²) in [4.78, 5) is 2.65. The highest BCUT2D eigenvalue weighted by Crippen LogP contribution is 2.28. The molecule has 1 aliphatic rings. The molecule has 0 aliphatic carbocycles. The molecule has 0 aromatic carbocycles. The lowest BCUT2D eigenvalue weighted by molar-refractivity contribution is 0.0241. The van der Waals surface area contributed by atoms with Crippen LogP contribution < -0.4 is 5.32 Å². The minimum Gasteiger partial charge on any atom is -0.381 e. The molecule has 0 spiro atoms. The number of nitrogens with zero attached hydrogens (tertiary/aromatic N) is 1. The maximum atomic E-state index is 5.47. The van der Waals surface area contributed by atoms with Gasteiger partial charge in [0.1, 0.15) is 0 Å². The van der Waals surface area contributed by atoms with E-state index in [4.69, 9.17) is 4.74 Å². The van der Waals surface area contributed by atoms with E-state index in [-0.39, 0.29) is 0 Å². The van der Waals surface area contributed by atoms with Crippen molar-refractivity contribution in [3.63, 3.8) is 0 Å². The zero-order valence-corrected chi connectivity index (χ0v) is 14.4. The molecule has 0 aromatic rings. The van der Waals surface area contributed by atoms with E-state index in [0.717, 1.165) is 19.0 Å². The zero-order valence-electron chi connectivity index (χ0n) is 14.4. The summed E-state index contributed by atoms with van der Waals surface area (Å²) in [6.07, 6.45) is 5.40. The molecule has 3 heteroatoms. The molecule has 3 nitrogen and oxygen atoms in total. The van der Waals surface area contributed by atoms with E-state index < -0.39 is 0 Å². The molecule has 0 atom stereocenters. The van der Waals surface area contributed by atoms with Gasteiger partial charge in [-0.25, -0.2) is 0 Å². The highest BCUT2D eigenvalue weighted by Gasteiger charge is 2.30. The Morgan fingerprint density at radius 1 is 1.20 bits per heavy atom. The number of likely N-dealkylation sites (tertiary alicyclic amines) is 1. The smallest absolute Gasteiger partial charge is 0.0595 e. The third kappa shape index (κ3) is 5.71. The number of hydrogen-bond acceptors (Lipinski definition) is 3. The lowest BCUT2D eigenvalue weighted by Gasteiger charge is -2.40. The first-order valence-electron chi connectivity index (χ1n) is 8.51. The maximum Gasteiger partial charge on any atom is 0.0595 e. The summed E-state index contributed by atoms with van der Waals surface area (Å²) in [5, 5.41) is 3.69. The minimum absolute atomic E-state index is 0.439. The molecule has 1 fully saturated rings. The second-order valence-corrected chi connectivity index (χ2v) is 6.94. The van der Waals surface area contributed by atoms with Crippen molar-refractivity contribution >= 4 is 0 Å². The molecule has 1 heterocycles. The van der Waals surface area contributed by atoms with Crippen LogP contribution in [0.4, 0.5) is 0 Å². The van der Waals surface area contributed by atoms with Crippen molar-refractivity contribution in [2.24, 2.45) is 11.3 Å². The van der Waals surface area contributed by atoms with Crippen LogP contribution in [0.2, 0.25) is 0 Å². The summed E-state index contributed by atoms with van der Waals surface area (Å²) in [7, 11) is 1.85. The van der Waals surface area contributed by atoms with Crippen LogP contribution in [0.5, 0.6) is 0 Å². The molecule has 0 bridgehead atoms. The molecule has 0 radical (unpaired) electrons. The molecule has 1 rings (SSSR count). The van der Waals surface area contributed by atoms with Gasteiger partial charge in [0.15, 0.2) is 0 Å². The number of ether oxygens (including phenoxy) is 1. The fourth-order valence-electron chi connectivity index (χ4n) is 3.18. The monoisotopic (exact) mass is 284 g/mol. The van der Waals surface area contributed by atoms with Gasteiger partial charge in [0, 0.05) is 33.3 Å². The standard InChI is InChI=1S/C17H36N2O/c1-6-17(7-2,13-18-12-15(3)4)14-19-10-8-16(20-5)9-11-19/h15-16,18H,6-14H2,1-5H3. The number of methoxy groups -OCH3 is 1. The van der Waals surface area contributed by atoms with Crippen LogP contribution in [0.3, 0.4) is 0 Å². The van der Waals surface area contributed by atoms with Gasteiger partial charge in [-0.2, -0.15) is 0 Å². The first-order chi connectivity index (χ1) is 9.55. The SMILES string of the molecule is CCC(CC)(CNCC(C)C)CN1CCC(OC)CC1. The van der Waals surface area contributed by atoms with Crippen LogP contribution in [0, 0.1) is 11.3 Å². The molecule has 1 saturated heterocycles. The third-order valence-corrected chi connectivity index (χ3v) is 4.98. The van der Waals surface area contributed by atoms with E-state index in [9.17, 15) is 0 Å². The number of piperidine rings is 1. The van der Waals surface area contributed by atoms with Crippen molar-refractivity contribution in [1.82, 2.24) is 10.2 Å². The van der Waals surface area contributed by atoms with Gasteiger partial charge in [0.25, 0.3) is 0 Å². The van der Waals surface area contributed by atoms with Crippen molar-refractivity contribution in [2.45, 2.75) is 59.5 Å². The first-order valence-corrected chi connectivity index (χ1v) is 8.51. The second kappa shape index (κ2) is 9.01. The van der Waals surface area contributed by atoms with Crippen LogP contribution in [-0.4, -0.2) is 50.8 Å². The average molecular weight is 284 g/mol. The van der Waals surface area contributed by atoms with Crippen molar-refractivity contribution in [3.05, 3.63) is 0 Å². The third-order valence-electron chi connectivity index (χ3n) is 4.98. The summed E-state index contributed by atoms with van der Waals surface area (Å²) in [5.74, 6) is 0.735. The van der Waals surface area contributed by atoms with Crippen LogP contribution in [0.1, 0.15) is 53.4 Å². The number of rotatable bonds is 9. The largest absolute Gasteiger partial charge is 0.381 e. The van der Waals surface area contributed by atoms with Gasteiger partial charge in [-0.3, -0.25) is 0 Å². The van der Waals surface area contributed by atoms with E-state index in [0.29, 0.717) is 11.5 Å². The lowest BCUT2D eigenvalue weighted by Crippen LogP contribution is -2.47. The molecule has 1 N–H and O–H groups in total. The van der Waals surface area contributed by atoms with Gasteiger partial charge in [-0.1, -0.05) is 27.7 Å². The van der Waals surface area contributed by atoms with E-state index >= 15 is 0 Å². The fourth-order valence-corrected chi connectivity index (χ4v) is 3.18. The van der Waals surface area contributed by atoms with E-state index in [2.05, 4.69) is 37.9 Å². The highest BCUT2D eigenvalue weighted by atomic mass is 16.5. The Kier molecular flexibility index (Phi) is 8.08. The van der Waals surface area contributed by atoms with Gasteiger partial charge in [0.2, 0.25) is 0 Å². The Bertz CT molecular complexity index is 243. The number of nitrogens with one attached hydrogen (secondary N) is 1. The number of hydrogen-bond donors (Lipinski definition) is 1. The predicted octanol–water partition coefficient (Wildman–Crippen LogP) is 3.15. The van der Waals surface area contributed by atoms with Crippen molar-refractivity contribution < 1.29 is 4.74 Å². The Hall–Kier alpha value is -0.120. The highest BCUT2D eigenvalue weighted by molar-refractivity contribution is 4.85. The molecule has 0 amide bonds.